The summed E-state index contributed by atoms with van der Waals surface area (Å²) in [5.41, 5.74) is 8.68. The summed E-state index contributed by atoms with van der Waals surface area (Å²) in [5, 5.41) is 5.13. The van der Waals surface area contributed by atoms with E-state index in [2.05, 4.69) is 5.32 Å². The van der Waals surface area contributed by atoms with Crippen molar-refractivity contribution >= 4 is 28.3 Å². The Morgan fingerprint density at radius 1 is 1.10 bits per heavy atom. The molecule has 1 heterocycles. The molecule has 0 saturated heterocycles. The predicted molar refractivity (Wildman–Crippen MR) is 83.1 cm³/mol. The summed E-state index contributed by atoms with van der Waals surface area (Å²) in [4.78, 5) is 0. The number of hydrogen-bond acceptors (Lipinski definition) is 3. The average Bonchev–Trinajstić information content (AvgIpc) is 2.90. The van der Waals surface area contributed by atoms with Gasteiger partial charge in [-0.1, -0.05) is 41.9 Å². The topological polar surface area (TPSA) is 51.2 Å². The Balaban J connectivity index is 1.96. The van der Waals surface area contributed by atoms with E-state index in [0.29, 0.717) is 11.6 Å². The minimum Gasteiger partial charge on any atom is -0.464 e. The van der Waals surface area contributed by atoms with Crippen LogP contribution < -0.4 is 11.1 Å². The van der Waals surface area contributed by atoms with Gasteiger partial charge in [-0.3, -0.25) is 0 Å². The average molecular weight is 287 g/mol. The van der Waals surface area contributed by atoms with Crippen molar-refractivity contribution in [3.05, 3.63) is 65.4 Å². The predicted octanol–water partition coefficient (Wildman–Crippen LogP) is 4.20. The summed E-state index contributed by atoms with van der Waals surface area (Å²) in [6.07, 6.45) is 1.76. The van der Waals surface area contributed by atoms with Gasteiger partial charge in [0.15, 0.2) is 0 Å². The maximum absolute atomic E-state index is 6.18. The van der Waals surface area contributed by atoms with Crippen LogP contribution in [0.5, 0.6) is 0 Å². The molecule has 1 unspecified atom stereocenters. The molecular weight excluding hydrogens is 272 g/mol. The minimum absolute atomic E-state index is 0.0430. The Kier molecular flexibility index (Phi) is 3.63. The van der Waals surface area contributed by atoms with Crippen LogP contribution >= 0.6 is 11.6 Å². The van der Waals surface area contributed by atoms with Gasteiger partial charge in [-0.2, -0.15) is 0 Å². The van der Waals surface area contributed by atoms with Gasteiger partial charge < -0.3 is 15.5 Å². The van der Waals surface area contributed by atoms with Gasteiger partial charge in [0.1, 0.15) is 5.58 Å². The van der Waals surface area contributed by atoms with Gasteiger partial charge in [0.05, 0.1) is 23.0 Å². The van der Waals surface area contributed by atoms with Crippen molar-refractivity contribution in [3.63, 3.8) is 0 Å². The summed E-state index contributed by atoms with van der Waals surface area (Å²) in [5.74, 6) is 0. The van der Waals surface area contributed by atoms with Crippen LogP contribution in [0.1, 0.15) is 11.6 Å². The van der Waals surface area contributed by atoms with E-state index in [1.807, 2.05) is 48.5 Å². The maximum Gasteiger partial charge on any atom is 0.134 e. The van der Waals surface area contributed by atoms with Crippen LogP contribution in [0.25, 0.3) is 11.0 Å². The molecule has 0 bridgehead atoms. The highest BCUT2D eigenvalue weighted by Crippen LogP contribution is 2.30. The molecule has 3 nitrogen and oxygen atoms in total. The van der Waals surface area contributed by atoms with Crippen LogP contribution in [0.2, 0.25) is 5.02 Å². The molecule has 1 atom stereocenters. The van der Waals surface area contributed by atoms with Gasteiger partial charge in [-0.05, 0) is 18.2 Å². The first-order valence-corrected chi connectivity index (χ1v) is 6.84. The first kappa shape index (κ1) is 13.0. The molecule has 0 aliphatic carbocycles. The van der Waals surface area contributed by atoms with E-state index >= 15 is 0 Å². The molecule has 3 N–H and O–H groups in total. The molecule has 0 fully saturated rings. The highest BCUT2D eigenvalue weighted by atomic mass is 35.5. The van der Waals surface area contributed by atoms with Gasteiger partial charge in [0.25, 0.3) is 0 Å². The minimum atomic E-state index is -0.0430. The summed E-state index contributed by atoms with van der Waals surface area (Å²) in [7, 11) is 0. The second-order valence-corrected chi connectivity index (χ2v) is 5.01. The Labute approximate surface area is 122 Å². The lowest BCUT2D eigenvalue weighted by Crippen LogP contribution is -2.20. The zero-order chi connectivity index (χ0) is 13.9. The van der Waals surface area contributed by atoms with E-state index in [-0.39, 0.29) is 6.04 Å². The number of fused-ring (bicyclic) bond motifs is 1. The summed E-state index contributed by atoms with van der Waals surface area (Å²) >= 11 is 6.18. The highest BCUT2D eigenvalue weighted by Gasteiger charge is 2.16. The summed E-state index contributed by atoms with van der Waals surface area (Å²) < 4.78 is 5.57. The fourth-order valence-corrected chi connectivity index (χ4v) is 2.49. The SMILES string of the molecule is NCC(Nc1ccccc1Cl)c1coc2ccccc12. The number of nitrogens with two attached hydrogens (primary N) is 1. The molecule has 0 aliphatic heterocycles. The number of rotatable bonds is 4. The third-order valence-electron chi connectivity index (χ3n) is 3.33. The quantitative estimate of drug-likeness (QED) is 0.756. The number of hydrogen-bond donors (Lipinski definition) is 2. The zero-order valence-electron chi connectivity index (χ0n) is 10.8. The normalized spacial score (nSPS) is 12.5. The lowest BCUT2D eigenvalue weighted by Gasteiger charge is -2.18. The second-order valence-electron chi connectivity index (χ2n) is 4.60. The van der Waals surface area contributed by atoms with Crippen LogP contribution in [-0.2, 0) is 0 Å². The van der Waals surface area contributed by atoms with Crippen LogP contribution in [0.3, 0.4) is 0 Å². The number of furan rings is 1. The second kappa shape index (κ2) is 5.57. The van der Waals surface area contributed by atoms with Crippen molar-refractivity contribution in [2.75, 3.05) is 11.9 Å². The fraction of sp³-hybridized carbons (Fsp3) is 0.125. The van der Waals surface area contributed by atoms with E-state index in [4.69, 9.17) is 21.8 Å². The van der Waals surface area contributed by atoms with Gasteiger partial charge in [-0.15, -0.1) is 0 Å². The number of halogens is 1. The first-order valence-electron chi connectivity index (χ1n) is 6.47. The number of anilines is 1. The third kappa shape index (κ3) is 2.38. The van der Waals surface area contributed by atoms with Crippen LogP contribution in [0.15, 0.2) is 59.2 Å². The molecule has 0 saturated carbocycles. The van der Waals surface area contributed by atoms with E-state index in [0.717, 1.165) is 22.2 Å². The molecule has 0 radical (unpaired) electrons. The molecular formula is C16H15ClN2O. The molecule has 0 amide bonds. The van der Waals surface area contributed by atoms with Crippen LogP contribution in [-0.4, -0.2) is 6.54 Å². The molecule has 1 aromatic heterocycles. The Bertz CT molecular complexity index is 723. The van der Waals surface area contributed by atoms with Crippen molar-refractivity contribution in [2.24, 2.45) is 5.73 Å². The van der Waals surface area contributed by atoms with E-state index < -0.39 is 0 Å². The van der Waals surface area contributed by atoms with E-state index in [1.54, 1.807) is 6.26 Å². The summed E-state index contributed by atoms with van der Waals surface area (Å²) in [6, 6.07) is 15.5. The number of para-hydroxylation sites is 2. The largest absolute Gasteiger partial charge is 0.464 e. The van der Waals surface area contributed by atoms with Crippen LogP contribution in [0.4, 0.5) is 5.69 Å². The van der Waals surface area contributed by atoms with Gasteiger partial charge >= 0.3 is 0 Å². The van der Waals surface area contributed by atoms with Gasteiger partial charge in [0.2, 0.25) is 0 Å². The molecule has 3 aromatic rings. The molecule has 0 spiro atoms. The van der Waals surface area contributed by atoms with Crippen molar-refractivity contribution in [1.29, 1.82) is 0 Å². The molecule has 3 rings (SSSR count). The highest BCUT2D eigenvalue weighted by molar-refractivity contribution is 6.33. The van der Waals surface area contributed by atoms with Crippen molar-refractivity contribution in [3.8, 4) is 0 Å². The molecule has 0 aliphatic rings. The number of nitrogens with one attached hydrogen (secondary N) is 1. The molecule has 20 heavy (non-hydrogen) atoms. The van der Waals surface area contributed by atoms with E-state index in [1.165, 1.54) is 0 Å². The Hall–Kier alpha value is -1.97. The smallest absolute Gasteiger partial charge is 0.134 e. The van der Waals surface area contributed by atoms with Crippen molar-refractivity contribution in [1.82, 2.24) is 0 Å². The third-order valence-corrected chi connectivity index (χ3v) is 3.66. The zero-order valence-corrected chi connectivity index (χ0v) is 11.6. The van der Waals surface area contributed by atoms with Crippen molar-refractivity contribution < 1.29 is 4.42 Å². The number of benzene rings is 2. The lowest BCUT2D eigenvalue weighted by molar-refractivity contribution is 0.605. The van der Waals surface area contributed by atoms with Gasteiger partial charge in [0, 0.05) is 17.5 Å². The molecule has 102 valence electrons. The summed E-state index contributed by atoms with van der Waals surface area (Å²) in [6.45, 7) is 0.453. The first-order chi connectivity index (χ1) is 9.79. The van der Waals surface area contributed by atoms with Crippen molar-refractivity contribution in [2.45, 2.75) is 6.04 Å². The standard InChI is InChI=1S/C16H15ClN2O/c17-13-6-2-3-7-14(13)19-15(9-18)12-10-20-16-8-4-1-5-11(12)16/h1-8,10,15,19H,9,18H2. The Morgan fingerprint density at radius 2 is 1.85 bits per heavy atom. The van der Waals surface area contributed by atoms with E-state index in [9.17, 15) is 0 Å². The molecule has 2 aromatic carbocycles. The Morgan fingerprint density at radius 3 is 2.65 bits per heavy atom. The fourth-order valence-electron chi connectivity index (χ4n) is 2.30. The van der Waals surface area contributed by atoms with Crippen LogP contribution in [0, 0.1) is 0 Å². The maximum atomic E-state index is 6.18. The monoisotopic (exact) mass is 286 g/mol. The molecule has 4 heteroatoms. The van der Waals surface area contributed by atoms with Gasteiger partial charge in [-0.25, -0.2) is 0 Å². The lowest BCUT2D eigenvalue weighted by atomic mass is 10.1.